The van der Waals surface area contributed by atoms with Gasteiger partial charge in [-0.2, -0.15) is 0 Å². The molecule has 0 spiro atoms. The third-order valence-electron chi connectivity index (χ3n) is 1.29. The van der Waals surface area contributed by atoms with E-state index in [1.807, 2.05) is 0 Å². The van der Waals surface area contributed by atoms with Crippen LogP contribution in [0.15, 0.2) is 0 Å². The second kappa shape index (κ2) is 4.40. The molecule has 0 unspecified atom stereocenters. The Kier molecular flexibility index (Phi) is 3.44. The van der Waals surface area contributed by atoms with Gasteiger partial charge in [-0.05, 0) is 6.92 Å². The number of carbonyl (C=O) groups is 1. The molecule has 0 saturated carbocycles. The maximum absolute atomic E-state index is 10.2. The number of aliphatic hydroxyl groups excluding tert-OH is 4. The Morgan fingerprint density at radius 3 is 2.00 bits per heavy atom. The van der Waals surface area contributed by atoms with Gasteiger partial charge in [0.1, 0.15) is 19.7 Å². The Bertz CT molecular complexity index is 160. The zero-order valence-corrected chi connectivity index (χ0v) is 6.01. The third-order valence-corrected chi connectivity index (χ3v) is 1.29. The van der Waals surface area contributed by atoms with E-state index in [0.717, 1.165) is 0 Å². The zero-order valence-electron chi connectivity index (χ0n) is 7.01. The number of aldehydes is 1. The highest BCUT2D eigenvalue weighted by Crippen LogP contribution is 2.02. The van der Waals surface area contributed by atoms with Crippen molar-refractivity contribution in [3.05, 3.63) is 0 Å². The minimum Gasteiger partial charge on any atom is -0.391 e. The molecule has 0 aromatic rings. The maximum atomic E-state index is 10.2. The highest BCUT2D eigenvalue weighted by molar-refractivity contribution is 5.56. The summed E-state index contributed by atoms with van der Waals surface area (Å²) in [6.07, 6.45) is -8.10. The highest BCUT2D eigenvalue weighted by atomic mass is 16.4. The van der Waals surface area contributed by atoms with Gasteiger partial charge in [0.15, 0.2) is 6.26 Å². The molecule has 11 heavy (non-hydrogen) atoms. The van der Waals surface area contributed by atoms with Gasteiger partial charge in [-0.1, -0.05) is 0 Å². The van der Waals surface area contributed by atoms with Gasteiger partial charge in [0.25, 0.3) is 0 Å². The molecule has 5 heteroatoms. The fourth-order valence-corrected chi connectivity index (χ4v) is 0.542. The highest BCUT2D eigenvalue weighted by Gasteiger charge is 2.27. The van der Waals surface area contributed by atoms with E-state index in [-0.39, 0.29) is 0 Å². The Balaban J connectivity index is 4.18. The fourth-order valence-electron chi connectivity index (χ4n) is 0.542. The van der Waals surface area contributed by atoms with Crippen molar-refractivity contribution in [3.63, 3.8) is 0 Å². The lowest BCUT2D eigenvalue weighted by Gasteiger charge is -2.21. The molecule has 0 radical (unpaired) electrons. The molecule has 0 aliphatic heterocycles. The van der Waals surface area contributed by atoms with E-state index in [1.165, 1.54) is 6.92 Å². The number of carbonyl (C=O) groups excluding carboxylic acids is 1. The summed E-state index contributed by atoms with van der Waals surface area (Å²) in [6, 6.07) is 0. The van der Waals surface area contributed by atoms with Crippen molar-refractivity contribution in [1.29, 1.82) is 0 Å². The largest absolute Gasteiger partial charge is 0.391 e. The maximum Gasteiger partial charge on any atom is 0.151 e. The summed E-state index contributed by atoms with van der Waals surface area (Å²) in [5.74, 6) is 0. The van der Waals surface area contributed by atoms with E-state index in [4.69, 9.17) is 21.8 Å². The van der Waals surface area contributed by atoms with Gasteiger partial charge in [-0.25, -0.2) is 0 Å². The first-order valence-electron chi connectivity index (χ1n) is 3.60. The van der Waals surface area contributed by atoms with E-state index < -0.39 is 30.7 Å². The van der Waals surface area contributed by atoms with Crippen molar-refractivity contribution in [1.82, 2.24) is 0 Å². The van der Waals surface area contributed by atoms with Gasteiger partial charge in [0.2, 0.25) is 0 Å². The average Bonchev–Trinajstić information content (AvgIpc) is 2.00. The first-order chi connectivity index (χ1) is 5.37. The predicted octanol–water partition coefficient (Wildman–Crippen LogP) is -2.35. The standard InChI is InChI=1S/C6H12O5/c1-3(8)5(10)6(11)4(9)2-7/h2-6,8-11H,1H3/t3-,4-,5-,6-/m0/s1/i2D. The molecule has 5 nitrogen and oxygen atoms in total. The molecule has 66 valence electrons. The lowest BCUT2D eigenvalue weighted by molar-refractivity contribution is -0.132. The summed E-state index contributed by atoms with van der Waals surface area (Å²) in [4.78, 5) is 10.2. The van der Waals surface area contributed by atoms with Crippen molar-refractivity contribution in [2.45, 2.75) is 31.3 Å². The predicted molar refractivity (Wildman–Crippen MR) is 35.8 cm³/mol. The van der Waals surface area contributed by atoms with Gasteiger partial charge in [0.05, 0.1) is 6.10 Å². The Morgan fingerprint density at radius 1 is 1.27 bits per heavy atom. The van der Waals surface area contributed by atoms with E-state index in [1.54, 1.807) is 0 Å². The van der Waals surface area contributed by atoms with Gasteiger partial charge >= 0.3 is 0 Å². The molecule has 0 saturated heterocycles. The van der Waals surface area contributed by atoms with Crippen LogP contribution in [-0.4, -0.2) is 51.1 Å². The molecule has 0 aliphatic carbocycles. The Hall–Kier alpha value is -0.490. The molecule has 0 aromatic heterocycles. The molecular weight excluding hydrogens is 152 g/mol. The van der Waals surface area contributed by atoms with Crippen LogP contribution >= 0.6 is 0 Å². The number of hydrogen-bond acceptors (Lipinski definition) is 5. The Labute approximate surface area is 65.3 Å². The van der Waals surface area contributed by atoms with Crippen molar-refractivity contribution in [2.24, 2.45) is 0 Å². The zero-order chi connectivity index (χ0) is 9.89. The van der Waals surface area contributed by atoms with Gasteiger partial charge < -0.3 is 25.2 Å². The quantitative estimate of drug-likeness (QED) is 0.350. The number of rotatable bonds is 4. The summed E-state index contributed by atoms with van der Waals surface area (Å²) >= 11 is 0. The molecule has 0 fully saturated rings. The van der Waals surface area contributed by atoms with Crippen LogP contribution in [0, 0.1) is 0 Å². The second-order valence-electron chi connectivity index (χ2n) is 2.28. The number of aliphatic hydroxyl groups is 4. The van der Waals surface area contributed by atoms with Crippen LogP contribution in [0.5, 0.6) is 0 Å². The summed E-state index contributed by atoms with van der Waals surface area (Å²) in [5.41, 5.74) is 0. The molecule has 4 N–H and O–H groups in total. The number of hydrogen-bond donors (Lipinski definition) is 4. The van der Waals surface area contributed by atoms with Gasteiger partial charge in [0, 0.05) is 0 Å². The summed E-state index contributed by atoms with van der Waals surface area (Å²) in [5, 5.41) is 35.3. The van der Waals surface area contributed by atoms with Crippen LogP contribution in [0.1, 0.15) is 8.29 Å². The molecule has 0 rings (SSSR count). The summed E-state index contributed by atoms with van der Waals surface area (Å²) in [7, 11) is 0. The van der Waals surface area contributed by atoms with Crippen molar-refractivity contribution < 1.29 is 26.6 Å². The van der Waals surface area contributed by atoms with Crippen molar-refractivity contribution >= 4 is 6.26 Å². The fraction of sp³-hybridized carbons (Fsp3) is 0.833. The van der Waals surface area contributed by atoms with E-state index >= 15 is 0 Å². The monoisotopic (exact) mass is 165 g/mol. The second-order valence-corrected chi connectivity index (χ2v) is 2.28. The molecule has 0 heterocycles. The first-order valence-corrected chi connectivity index (χ1v) is 3.10. The molecule has 0 bridgehead atoms. The topological polar surface area (TPSA) is 98.0 Å². The van der Waals surface area contributed by atoms with Crippen molar-refractivity contribution in [3.8, 4) is 0 Å². The minimum atomic E-state index is -1.98. The summed E-state index contributed by atoms with van der Waals surface area (Å²) in [6.45, 7) is 1.19. The molecule has 0 aliphatic rings. The normalized spacial score (nSPS) is 23.2. The van der Waals surface area contributed by atoms with Crippen LogP contribution in [-0.2, 0) is 4.79 Å². The molecular formula is C6H12O5. The van der Waals surface area contributed by atoms with E-state index in [2.05, 4.69) is 0 Å². The van der Waals surface area contributed by atoms with E-state index in [0.29, 0.717) is 0 Å². The molecule has 0 amide bonds. The third kappa shape index (κ3) is 2.94. The lowest BCUT2D eigenvalue weighted by Crippen LogP contribution is -2.43. The van der Waals surface area contributed by atoms with Crippen LogP contribution in [0.25, 0.3) is 0 Å². The van der Waals surface area contributed by atoms with Crippen LogP contribution < -0.4 is 0 Å². The average molecular weight is 165 g/mol. The minimum absolute atomic E-state index is 1.19. The molecule has 0 aromatic carbocycles. The van der Waals surface area contributed by atoms with Crippen LogP contribution in [0.2, 0.25) is 0 Å². The first kappa shape index (κ1) is 8.61. The SMILES string of the molecule is [2H]C(=O)[C@H](O)[C@H](O)[C@@H](O)[C@H](C)O. The summed E-state index contributed by atoms with van der Waals surface area (Å²) < 4.78 is 6.41. The van der Waals surface area contributed by atoms with Gasteiger partial charge in [-0.3, -0.25) is 0 Å². The molecule has 4 atom stereocenters. The van der Waals surface area contributed by atoms with Crippen LogP contribution in [0.3, 0.4) is 0 Å². The smallest absolute Gasteiger partial charge is 0.151 e. The lowest BCUT2D eigenvalue weighted by atomic mass is 10.1. The van der Waals surface area contributed by atoms with Crippen molar-refractivity contribution in [2.75, 3.05) is 0 Å². The van der Waals surface area contributed by atoms with Crippen LogP contribution in [0.4, 0.5) is 0 Å². The van der Waals surface area contributed by atoms with Gasteiger partial charge in [-0.15, -0.1) is 0 Å². The Morgan fingerprint density at radius 2 is 1.73 bits per heavy atom. The van der Waals surface area contributed by atoms with E-state index in [9.17, 15) is 4.79 Å².